The Bertz CT molecular complexity index is 960. The molecule has 0 fully saturated rings. The summed E-state index contributed by atoms with van der Waals surface area (Å²) in [5, 5.41) is 13.9. The third-order valence-electron chi connectivity index (χ3n) is 3.85. The van der Waals surface area contributed by atoms with Crippen LogP contribution in [-0.4, -0.2) is 10.9 Å². The van der Waals surface area contributed by atoms with Crippen LogP contribution in [-0.2, 0) is 0 Å². The van der Waals surface area contributed by atoms with Gasteiger partial charge in [0.25, 0.3) is 0 Å². The molecule has 21 heavy (non-hydrogen) atoms. The number of rotatable bonds is 1. The minimum Gasteiger partial charge on any atom is -0.454 e. The molecule has 0 radical (unpaired) electrons. The molecule has 0 saturated heterocycles. The monoisotopic (exact) mass is 285 g/mol. The van der Waals surface area contributed by atoms with Crippen LogP contribution in [0.1, 0.15) is 29.4 Å². The molecule has 0 atom stereocenters. The first-order chi connectivity index (χ1) is 9.93. The Morgan fingerprint density at radius 3 is 2.38 bits per heavy atom. The molecule has 0 aliphatic carbocycles. The zero-order chi connectivity index (χ0) is 15.3. The lowest BCUT2D eigenvalue weighted by molar-refractivity contribution is 0.318. The summed E-state index contributed by atoms with van der Waals surface area (Å²) >= 11 is 0. The van der Waals surface area contributed by atoms with Gasteiger partial charge in [-0.05, 0) is 39.3 Å². The quantitative estimate of drug-likeness (QED) is 0.320. The van der Waals surface area contributed by atoms with Gasteiger partial charge in [-0.15, -0.1) is 0 Å². The van der Waals surface area contributed by atoms with Crippen LogP contribution in [0, 0.1) is 20.8 Å². The van der Waals surface area contributed by atoms with Crippen LogP contribution in [0.3, 0.4) is 0 Å². The lowest BCUT2D eigenvalue weighted by Crippen LogP contribution is -1.99. The molecular formula is C16H15NO4. The van der Waals surface area contributed by atoms with Gasteiger partial charge in [-0.1, -0.05) is 5.16 Å². The fraction of sp³-hybridized carbons (Fsp3) is 0.250. The Labute approximate surface area is 120 Å². The molecule has 5 heteroatoms. The molecule has 0 aliphatic rings. The molecule has 2 aromatic heterocycles. The third kappa shape index (κ3) is 1.85. The number of aryl methyl sites for hydroxylation is 3. The van der Waals surface area contributed by atoms with Crippen LogP contribution in [0.25, 0.3) is 21.9 Å². The highest BCUT2D eigenvalue weighted by Crippen LogP contribution is 2.34. The summed E-state index contributed by atoms with van der Waals surface area (Å²) in [5.74, 6) is 0.533. The lowest BCUT2D eigenvalue weighted by atomic mass is 10.0. The van der Waals surface area contributed by atoms with Crippen LogP contribution in [0.15, 0.2) is 30.9 Å². The van der Waals surface area contributed by atoms with Gasteiger partial charge >= 0.3 is 5.63 Å². The predicted molar refractivity (Wildman–Crippen MR) is 80.5 cm³/mol. The summed E-state index contributed by atoms with van der Waals surface area (Å²) in [5.41, 5.74) is 3.74. The molecular weight excluding hydrogens is 270 g/mol. The van der Waals surface area contributed by atoms with E-state index in [1.165, 1.54) is 6.07 Å². The smallest absolute Gasteiger partial charge is 0.336 e. The van der Waals surface area contributed by atoms with Crippen molar-refractivity contribution in [3.8, 4) is 0 Å². The Kier molecular flexibility index (Phi) is 2.86. The molecule has 5 nitrogen and oxygen atoms in total. The van der Waals surface area contributed by atoms with Gasteiger partial charge < -0.3 is 14.0 Å². The van der Waals surface area contributed by atoms with E-state index in [2.05, 4.69) is 5.16 Å². The van der Waals surface area contributed by atoms with Gasteiger partial charge in [0.2, 0.25) is 0 Å². The molecule has 0 bridgehead atoms. The standard InChI is InChI=1S/C16H15NO4/c1-7-5-13(18)20-15-9(3)16-12(6-11(7)15)8(2)14(21-16)10(4)17-19/h5-6,19H,1-4H3/b17-10+. The van der Waals surface area contributed by atoms with E-state index >= 15 is 0 Å². The number of hydrogen-bond donors (Lipinski definition) is 1. The van der Waals surface area contributed by atoms with E-state index in [4.69, 9.17) is 14.0 Å². The summed E-state index contributed by atoms with van der Waals surface area (Å²) in [6.07, 6.45) is 0. The number of benzene rings is 1. The van der Waals surface area contributed by atoms with Crippen molar-refractivity contribution in [1.29, 1.82) is 0 Å². The zero-order valence-corrected chi connectivity index (χ0v) is 12.3. The Morgan fingerprint density at radius 1 is 1.05 bits per heavy atom. The van der Waals surface area contributed by atoms with Crippen molar-refractivity contribution in [1.82, 2.24) is 0 Å². The topological polar surface area (TPSA) is 75.9 Å². The van der Waals surface area contributed by atoms with Crippen LogP contribution in [0.5, 0.6) is 0 Å². The SMILES string of the molecule is C/C(=N\O)c1oc2c(C)c3oc(=O)cc(C)c3cc2c1C. The average Bonchev–Trinajstić information content (AvgIpc) is 2.77. The first-order valence-electron chi connectivity index (χ1n) is 6.60. The van der Waals surface area contributed by atoms with Gasteiger partial charge in [-0.2, -0.15) is 0 Å². The number of hydrogen-bond acceptors (Lipinski definition) is 5. The predicted octanol–water partition coefficient (Wildman–Crippen LogP) is 3.66. The van der Waals surface area contributed by atoms with E-state index in [0.717, 1.165) is 27.5 Å². The molecule has 0 aliphatic heterocycles. The van der Waals surface area contributed by atoms with Crippen LogP contribution >= 0.6 is 0 Å². The van der Waals surface area contributed by atoms with Gasteiger partial charge in [0.05, 0.1) is 0 Å². The molecule has 108 valence electrons. The maximum Gasteiger partial charge on any atom is 0.336 e. The summed E-state index contributed by atoms with van der Waals surface area (Å²) in [6.45, 7) is 7.31. The molecule has 2 heterocycles. The van der Waals surface area contributed by atoms with Crippen LogP contribution in [0.4, 0.5) is 0 Å². The molecule has 0 spiro atoms. The summed E-state index contributed by atoms with van der Waals surface area (Å²) in [4.78, 5) is 11.6. The fourth-order valence-electron chi connectivity index (χ4n) is 2.69. The maximum absolute atomic E-state index is 11.6. The van der Waals surface area contributed by atoms with E-state index in [0.29, 0.717) is 22.6 Å². The van der Waals surface area contributed by atoms with Crippen molar-refractivity contribution in [3.05, 3.63) is 45.0 Å². The van der Waals surface area contributed by atoms with E-state index in [-0.39, 0.29) is 5.63 Å². The normalized spacial score (nSPS) is 12.5. The summed E-state index contributed by atoms with van der Waals surface area (Å²) < 4.78 is 11.1. The Morgan fingerprint density at radius 2 is 1.71 bits per heavy atom. The molecule has 1 N–H and O–H groups in total. The molecule has 1 aromatic carbocycles. The third-order valence-corrected chi connectivity index (χ3v) is 3.85. The Hall–Kier alpha value is -2.56. The second-order valence-electron chi connectivity index (χ2n) is 5.24. The average molecular weight is 285 g/mol. The van der Waals surface area contributed by atoms with Crippen molar-refractivity contribution in [2.24, 2.45) is 5.16 Å². The van der Waals surface area contributed by atoms with Crippen molar-refractivity contribution in [3.63, 3.8) is 0 Å². The second-order valence-corrected chi connectivity index (χ2v) is 5.24. The highest BCUT2D eigenvalue weighted by atomic mass is 16.4. The van der Waals surface area contributed by atoms with E-state index < -0.39 is 0 Å². The fourth-order valence-corrected chi connectivity index (χ4v) is 2.69. The number of oxime groups is 1. The minimum atomic E-state index is -0.376. The van der Waals surface area contributed by atoms with E-state index in [1.54, 1.807) is 6.92 Å². The van der Waals surface area contributed by atoms with E-state index in [9.17, 15) is 4.79 Å². The maximum atomic E-state index is 11.6. The number of furan rings is 1. The van der Waals surface area contributed by atoms with Gasteiger partial charge in [0.1, 0.15) is 16.9 Å². The van der Waals surface area contributed by atoms with Gasteiger partial charge in [0, 0.05) is 28.0 Å². The molecule has 0 saturated carbocycles. The minimum absolute atomic E-state index is 0.376. The highest BCUT2D eigenvalue weighted by molar-refractivity contribution is 6.06. The van der Waals surface area contributed by atoms with Gasteiger partial charge in [-0.25, -0.2) is 4.79 Å². The van der Waals surface area contributed by atoms with Crippen LogP contribution in [0.2, 0.25) is 0 Å². The number of nitrogens with zero attached hydrogens (tertiary/aromatic N) is 1. The van der Waals surface area contributed by atoms with Crippen molar-refractivity contribution in [2.75, 3.05) is 0 Å². The first kappa shape index (κ1) is 13.4. The van der Waals surface area contributed by atoms with Gasteiger partial charge in [-0.3, -0.25) is 0 Å². The summed E-state index contributed by atoms with van der Waals surface area (Å²) in [6, 6.07) is 3.42. The summed E-state index contributed by atoms with van der Waals surface area (Å²) in [7, 11) is 0. The highest BCUT2D eigenvalue weighted by Gasteiger charge is 2.18. The van der Waals surface area contributed by atoms with E-state index in [1.807, 2.05) is 26.8 Å². The molecule has 3 aromatic rings. The molecule has 0 unspecified atom stereocenters. The second kappa shape index (κ2) is 4.48. The van der Waals surface area contributed by atoms with Crippen LogP contribution < -0.4 is 5.63 Å². The molecule has 3 rings (SSSR count). The largest absolute Gasteiger partial charge is 0.454 e. The Balaban J connectivity index is 2.53. The van der Waals surface area contributed by atoms with Crippen molar-refractivity contribution in [2.45, 2.75) is 27.7 Å². The molecule has 0 amide bonds. The van der Waals surface area contributed by atoms with Crippen molar-refractivity contribution >= 4 is 27.7 Å². The van der Waals surface area contributed by atoms with Crippen molar-refractivity contribution < 1.29 is 14.0 Å². The lowest BCUT2D eigenvalue weighted by Gasteiger charge is -2.04. The zero-order valence-electron chi connectivity index (χ0n) is 12.3. The van der Waals surface area contributed by atoms with Gasteiger partial charge in [0.15, 0.2) is 5.76 Å². The number of fused-ring (bicyclic) bond motifs is 2. The first-order valence-corrected chi connectivity index (χ1v) is 6.60.